The Balaban J connectivity index is 2.63. The zero-order valence-electron chi connectivity index (χ0n) is 8.25. The zero-order chi connectivity index (χ0) is 10.8. The molecule has 0 bridgehead atoms. The predicted octanol–water partition coefficient (Wildman–Crippen LogP) is 3.86. The van der Waals surface area contributed by atoms with Crippen LogP contribution in [-0.2, 0) is 0 Å². The maximum absolute atomic E-state index is 13.5. The molecule has 0 spiro atoms. The zero-order valence-corrected chi connectivity index (χ0v) is 9.07. The Labute approximate surface area is 92.6 Å². The molecule has 0 radical (unpaired) electrons. The van der Waals surface area contributed by atoms with Crippen molar-refractivity contribution in [1.29, 1.82) is 0 Å². The molecule has 0 amide bonds. The molecule has 0 aliphatic heterocycles. The third kappa shape index (κ3) is 2.13. The number of aryl methyl sites for hydroxylation is 1. The number of nitrogens with one attached hydrogen (secondary N) is 1. The van der Waals surface area contributed by atoms with Crippen LogP contribution in [0.1, 0.15) is 5.56 Å². The monoisotopic (exact) mass is 219 g/mol. The molecule has 1 heterocycles. The van der Waals surface area contributed by atoms with Crippen LogP contribution in [0.2, 0.25) is 0 Å². The number of aromatic amines is 1. The van der Waals surface area contributed by atoms with Crippen molar-refractivity contribution in [1.82, 2.24) is 4.98 Å². The highest BCUT2D eigenvalue weighted by Crippen LogP contribution is 2.21. The normalized spacial score (nSPS) is 10.3. The van der Waals surface area contributed by atoms with Gasteiger partial charge in [-0.15, -0.1) is 0 Å². The molecule has 0 aliphatic rings. The topological polar surface area (TPSA) is 15.8 Å². The van der Waals surface area contributed by atoms with Crippen molar-refractivity contribution in [2.75, 3.05) is 0 Å². The second kappa shape index (κ2) is 3.95. The van der Waals surface area contributed by atoms with Crippen LogP contribution in [0.15, 0.2) is 36.4 Å². The van der Waals surface area contributed by atoms with E-state index in [4.69, 9.17) is 12.2 Å². The fraction of sp³-hybridized carbons (Fsp3) is 0.0833. The molecular formula is C12H10FNS. The average molecular weight is 219 g/mol. The molecule has 1 aromatic heterocycles. The van der Waals surface area contributed by atoms with Gasteiger partial charge in [0.15, 0.2) is 0 Å². The van der Waals surface area contributed by atoms with Gasteiger partial charge in [-0.25, -0.2) is 4.39 Å². The van der Waals surface area contributed by atoms with Gasteiger partial charge in [0.2, 0.25) is 0 Å². The molecule has 0 atom stereocenters. The number of rotatable bonds is 1. The van der Waals surface area contributed by atoms with Crippen LogP contribution in [0.25, 0.3) is 11.3 Å². The summed E-state index contributed by atoms with van der Waals surface area (Å²) in [5, 5.41) is 0. The lowest BCUT2D eigenvalue weighted by atomic mass is 10.1. The SMILES string of the molecule is Cc1ccc(F)c(-c2cccc(=S)[nH]2)c1. The first kappa shape index (κ1) is 10.1. The van der Waals surface area contributed by atoms with Crippen molar-refractivity contribution in [3.63, 3.8) is 0 Å². The lowest BCUT2D eigenvalue weighted by Crippen LogP contribution is -1.88. The summed E-state index contributed by atoms with van der Waals surface area (Å²) in [5.41, 5.74) is 2.29. The van der Waals surface area contributed by atoms with E-state index in [2.05, 4.69) is 4.98 Å². The number of halogens is 1. The van der Waals surface area contributed by atoms with Crippen molar-refractivity contribution in [2.24, 2.45) is 0 Å². The minimum absolute atomic E-state index is 0.238. The first-order chi connectivity index (χ1) is 7.16. The van der Waals surface area contributed by atoms with Crippen LogP contribution in [0.4, 0.5) is 4.39 Å². The van der Waals surface area contributed by atoms with Gasteiger partial charge in [-0.2, -0.15) is 0 Å². The van der Waals surface area contributed by atoms with E-state index >= 15 is 0 Å². The number of pyridine rings is 1. The predicted molar refractivity (Wildman–Crippen MR) is 61.8 cm³/mol. The molecule has 0 saturated heterocycles. The molecule has 0 unspecified atom stereocenters. The highest BCUT2D eigenvalue weighted by atomic mass is 32.1. The second-order valence-electron chi connectivity index (χ2n) is 3.41. The number of hydrogen-bond acceptors (Lipinski definition) is 1. The lowest BCUT2D eigenvalue weighted by molar-refractivity contribution is 0.630. The van der Waals surface area contributed by atoms with Gasteiger partial charge in [-0.1, -0.05) is 29.9 Å². The summed E-state index contributed by atoms with van der Waals surface area (Å²) in [4.78, 5) is 2.97. The fourth-order valence-corrected chi connectivity index (χ4v) is 1.64. The maximum Gasteiger partial charge on any atom is 0.132 e. The molecule has 1 nitrogen and oxygen atoms in total. The van der Waals surface area contributed by atoms with E-state index in [1.165, 1.54) is 6.07 Å². The van der Waals surface area contributed by atoms with Crippen molar-refractivity contribution in [2.45, 2.75) is 6.92 Å². The molecule has 0 saturated carbocycles. The van der Waals surface area contributed by atoms with Crippen molar-refractivity contribution in [3.8, 4) is 11.3 Å². The molecule has 76 valence electrons. The highest BCUT2D eigenvalue weighted by molar-refractivity contribution is 7.71. The van der Waals surface area contributed by atoms with Gasteiger partial charge in [0.25, 0.3) is 0 Å². The van der Waals surface area contributed by atoms with Crippen LogP contribution >= 0.6 is 12.2 Å². The van der Waals surface area contributed by atoms with Crippen molar-refractivity contribution < 1.29 is 4.39 Å². The largest absolute Gasteiger partial charge is 0.346 e. The smallest absolute Gasteiger partial charge is 0.132 e. The first-order valence-electron chi connectivity index (χ1n) is 4.63. The third-order valence-corrected chi connectivity index (χ3v) is 2.42. The van der Waals surface area contributed by atoms with Gasteiger partial charge in [-0.05, 0) is 31.2 Å². The maximum atomic E-state index is 13.5. The Morgan fingerprint density at radius 1 is 1.20 bits per heavy atom. The molecule has 1 N–H and O–H groups in total. The van der Waals surface area contributed by atoms with E-state index < -0.39 is 0 Å². The van der Waals surface area contributed by atoms with Crippen LogP contribution in [-0.4, -0.2) is 4.98 Å². The fourth-order valence-electron chi connectivity index (χ4n) is 1.45. The summed E-state index contributed by atoms with van der Waals surface area (Å²) in [6.07, 6.45) is 0. The van der Waals surface area contributed by atoms with Crippen molar-refractivity contribution >= 4 is 12.2 Å². The van der Waals surface area contributed by atoms with E-state index in [1.54, 1.807) is 18.2 Å². The standard InChI is InChI=1S/C12H10FNS/c1-8-5-6-10(13)9(7-8)11-3-2-4-12(15)14-11/h2-7H,1H3,(H,14,15). The highest BCUT2D eigenvalue weighted by Gasteiger charge is 2.04. The van der Waals surface area contributed by atoms with Crippen LogP contribution in [0.5, 0.6) is 0 Å². The number of benzene rings is 1. The number of hydrogen-bond donors (Lipinski definition) is 1. The summed E-state index contributed by atoms with van der Waals surface area (Å²) in [5.74, 6) is -0.238. The summed E-state index contributed by atoms with van der Waals surface area (Å²) >= 11 is 5.00. The summed E-state index contributed by atoms with van der Waals surface area (Å²) in [6, 6.07) is 10.4. The molecule has 2 aromatic rings. The lowest BCUT2D eigenvalue weighted by Gasteiger charge is -2.04. The van der Waals surface area contributed by atoms with E-state index in [1.807, 2.05) is 19.1 Å². The molecular weight excluding hydrogens is 209 g/mol. The summed E-state index contributed by atoms with van der Waals surface area (Å²) in [6.45, 7) is 1.93. The van der Waals surface area contributed by atoms with Gasteiger partial charge in [0.05, 0.1) is 0 Å². The van der Waals surface area contributed by atoms with Gasteiger partial charge in [0, 0.05) is 11.3 Å². The minimum atomic E-state index is -0.238. The Hall–Kier alpha value is -1.48. The van der Waals surface area contributed by atoms with E-state index in [-0.39, 0.29) is 5.82 Å². The van der Waals surface area contributed by atoms with Crippen LogP contribution in [0, 0.1) is 17.4 Å². The van der Waals surface area contributed by atoms with Crippen LogP contribution < -0.4 is 0 Å². The van der Waals surface area contributed by atoms with Gasteiger partial charge in [0.1, 0.15) is 10.5 Å². The van der Waals surface area contributed by atoms with Gasteiger partial charge in [-0.3, -0.25) is 0 Å². The molecule has 0 aliphatic carbocycles. The van der Waals surface area contributed by atoms with E-state index in [0.717, 1.165) is 5.56 Å². The molecule has 2 rings (SSSR count). The second-order valence-corrected chi connectivity index (χ2v) is 3.85. The van der Waals surface area contributed by atoms with Gasteiger partial charge < -0.3 is 4.98 Å². The van der Waals surface area contributed by atoms with Crippen molar-refractivity contribution in [3.05, 3.63) is 52.4 Å². The quantitative estimate of drug-likeness (QED) is 0.720. The van der Waals surface area contributed by atoms with Crippen LogP contribution in [0.3, 0.4) is 0 Å². The number of aromatic nitrogens is 1. The molecule has 1 aromatic carbocycles. The van der Waals surface area contributed by atoms with E-state index in [9.17, 15) is 4.39 Å². The van der Waals surface area contributed by atoms with E-state index in [0.29, 0.717) is 15.9 Å². The summed E-state index contributed by atoms with van der Waals surface area (Å²) in [7, 11) is 0. The Morgan fingerprint density at radius 2 is 2.00 bits per heavy atom. The molecule has 15 heavy (non-hydrogen) atoms. The average Bonchev–Trinajstić information content (AvgIpc) is 2.22. The minimum Gasteiger partial charge on any atom is -0.346 e. The first-order valence-corrected chi connectivity index (χ1v) is 5.03. The Kier molecular flexibility index (Phi) is 2.64. The third-order valence-electron chi connectivity index (χ3n) is 2.18. The Morgan fingerprint density at radius 3 is 2.73 bits per heavy atom. The Bertz CT molecular complexity index is 545. The molecule has 0 fully saturated rings. The summed E-state index contributed by atoms with van der Waals surface area (Å²) < 4.78 is 14.1. The number of H-pyrrole nitrogens is 1. The molecule has 3 heteroatoms. The van der Waals surface area contributed by atoms with Gasteiger partial charge >= 0.3 is 0 Å².